The van der Waals surface area contributed by atoms with E-state index in [1.807, 2.05) is 0 Å². The largest absolute Gasteiger partial charge is 0.481 e. The number of ketones is 1. The summed E-state index contributed by atoms with van der Waals surface area (Å²) in [4.78, 5) is 22.2. The number of aliphatic carboxylic acids is 1. The van der Waals surface area contributed by atoms with E-state index in [4.69, 9.17) is 22.3 Å². The number of nitrogens with two attached hydrogens (primary N) is 3. The van der Waals surface area contributed by atoms with Crippen LogP contribution in [-0.2, 0) is 4.79 Å². The maximum absolute atomic E-state index is 11.9. The summed E-state index contributed by atoms with van der Waals surface area (Å²) in [6.45, 7) is 0. The van der Waals surface area contributed by atoms with Gasteiger partial charge in [-0.3, -0.25) is 9.59 Å². The molecule has 0 aliphatic carbocycles. The van der Waals surface area contributed by atoms with Crippen LogP contribution in [0.4, 0.5) is 11.4 Å². The minimum absolute atomic E-state index is 0.0718. The van der Waals surface area contributed by atoms with Gasteiger partial charge in [0.25, 0.3) is 0 Å². The van der Waals surface area contributed by atoms with Crippen molar-refractivity contribution in [2.24, 2.45) is 5.73 Å². The van der Waals surface area contributed by atoms with Crippen molar-refractivity contribution in [1.82, 2.24) is 0 Å². The predicted molar refractivity (Wildman–Crippen MR) is 64.4 cm³/mol. The second-order valence-corrected chi connectivity index (χ2v) is 3.75. The fraction of sp³-hybridized carbons (Fsp3) is 0.273. The number of carboxylic acid groups (broad SMARTS) is 1. The van der Waals surface area contributed by atoms with Crippen LogP contribution in [0.15, 0.2) is 18.2 Å². The Morgan fingerprint density at radius 3 is 2.53 bits per heavy atom. The highest BCUT2D eigenvalue weighted by Gasteiger charge is 2.19. The first kappa shape index (κ1) is 13.0. The van der Waals surface area contributed by atoms with Crippen LogP contribution in [0.3, 0.4) is 0 Å². The monoisotopic (exact) mass is 237 g/mol. The topological polar surface area (TPSA) is 132 Å². The Kier molecular flexibility index (Phi) is 4.06. The Morgan fingerprint density at radius 1 is 1.29 bits per heavy atom. The van der Waals surface area contributed by atoms with E-state index in [2.05, 4.69) is 0 Å². The Bertz CT molecular complexity index is 446. The average molecular weight is 237 g/mol. The number of carboxylic acids is 1. The number of carbonyl (C=O) groups excluding carboxylic acids is 1. The molecule has 0 aromatic heterocycles. The van der Waals surface area contributed by atoms with Crippen molar-refractivity contribution < 1.29 is 14.7 Å². The number of hydrogen-bond acceptors (Lipinski definition) is 5. The number of nitrogen functional groups attached to an aromatic ring is 2. The van der Waals surface area contributed by atoms with Gasteiger partial charge in [-0.25, -0.2) is 0 Å². The quantitative estimate of drug-likeness (QED) is 0.428. The third-order valence-corrected chi connectivity index (χ3v) is 2.35. The molecule has 1 rings (SSSR count). The number of rotatable bonds is 5. The molecule has 0 heterocycles. The van der Waals surface area contributed by atoms with Gasteiger partial charge >= 0.3 is 5.97 Å². The van der Waals surface area contributed by atoms with Gasteiger partial charge in [0, 0.05) is 23.4 Å². The normalized spacial score (nSPS) is 12.1. The molecular weight excluding hydrogens is 222 g/mol. The van der Waals surface area contributed by atoms with Gasteiger partial charge in [-0.2, -0.15) is 0 Å². The molecule has 0 spiro atoms. The molecule has 0 saturated carbocycles. The van der Waals surface area contributed by atoms with Crippen LogP contribution in [-0.4, -0.2) is 22.9 Å². The first-order valence-electron chi connectivity index (χ1n) is 5.08. The Morgan fingerprint density at radius 2 is 1.94 bits per heavy atom. The van der Waals surface area contributed by atoms with Crippen molar-refractivity contribution in [2.45, 2.75) is 18.9 Å². The third kappa shape index (κ3) is 3.46. The summed E-state index contributed by atoms with van der Waals surface area (Å²) < 4.78 is 0. The lowest BCUT2D eigenvalue weighted by atomic mass is 9.99. The van der Waals surface area contributed by atoms with Crippen LogP contribution < -0.4 is 17.2 Å². The Balaban J connectivity index is 2.81. The van der Waals surface area contributed by atoms with E-state index >= 15 is 0 Å². The lowest BCUT2D eigenvalue weighted by molar-refractivity contribution is -0.137. The van der Waals surface area contributed by atoms with E-state index in [1.54, 1.807) is 6.07 Å². The number of Topliss-reactive ketones (excluding diaryl/α,β-unsaturated/α-hetero) is 1. The molecule has 6 heteroatoms. The van der Waals surface area contributed by atoms with Gasteiger partial charge in [-0.05, 0) is 24.6 Å². The van der Waals surface area contributed by atoms with Gasteiger partial charge in [0.2, 0.25) is 0 Å². The van der Waals surface area contributed by atoms with Crippen LogP contribution in [0.1, 0.15) is 23.2 Å². The summed E-state index contributed by atoms with van der Waals surface area (Å²) in [6.07, 6.45) is -0.0858. The van der Waals surface area contributed by atoms with Crippen molar-refractivity contribution in [3.63, 3.8) is 0 Å². The van der Waals surface area contributed by atoms with Gasteiger partial charge in [-0.15, -0.1) is 0 Å². The molecule has 92 valence electrons. The van der Waals surface area contributed by atoms with E-state index in [0.717, 1.165) is 0 Å². The van der Waals surface area contributed by atoms with Crippen LogP contribution >= 0.6 is 0 Å². The molecule has 0 fully saturated rings. The van der Waals surface area contributed by atoms with E-state index in [9.17, 15) is 9.59 Å². The van der Waals surface area contributed by atoms with Crippen molar-refractivity contribution in [3.05, 3.63) is 23.8 Å². The molecule has 0 radical (unpaired) electrons. The zero-order valence-electron chi connectivity index (χ0n) is 9.22. The molecule has 1 aromatic carbocycles. The highest BCUT2D eigenvalue weighted by Crippen LogP contribution is 2.18. The molecule has 17 heavy (non-hydrogen) atoms. The zero-order valence-corrected chi connectivity index (χ0v) is 9.22. The molecule has 1 atom stereocenters. The SMILES string of the molecule is Nc1ccc(N)c(C(=O)C(N)CCC(=O)O)c1. The maximum atomic E-state index is 11.9. The second kappa shape index (κ2) is 5.31. The summed E-state index contributed by atoms with van der Waals surface area (Å²) >= 11 is 0. The highest BCUT2D eigenvalue weighted by molar-refractivity contribution is 6.04. The molecule has 0 amide bonds. The first-order valence-corrected chi connectivity index (χ1v) is 5.08. The molecule has 0 aliphatic rings. The van der Waals surface area contributed by atoms with Crippen LogP contribution in [0.25, 0.3) is 0 Å². The van der Waals surface area contributed by atoms with Crippen LogP contribution in [0.5, 0.6) is 0 Å². The minimum atomic E-state index is -0.992. The van der Waals surface area contributed by atoms with Gasteiger partial charge in [0.1, 0.15) is 0 Å². The van der Waals surface area contributed by atoms with Crippen molar-refractivity contribution in [2.75, 3.05) is 11.5 Å². The summed E-state index contributed by atoms with van der Waals surface area (Å²) in [5, 5.41) is 8.50. The van der Waals surface area contributed by atoms with Gasteiger partial charge in [0.05, 0.1) is 6.04 Å². The lowest BCUT2D eigenvalue weighted by Crippen LogP contribution is -2.31. The number of carbonyl (C=O) groups is 2. The van der Waals surface area contributed by atoms with Crippen LogP contribution in [0, 0.1) is 0 Å². The van der Waals surface area contributed by atoms with Gasteiger partial charge in [0.15, 0.2) is 5.78 Å². The smallest absolute Gasteiger partial charge is 0.303 e. The van der Waals surface area contributed by atoms with Crippen molar-refractivity contribution >= 4 is 23.1 Å². The molecule has 0 bridgehead atoms. The molecule has 0 saturated heterocycles. The predicted octanol–water partition coefficient (Wildman–Crippen LogP) is 0.226. The molecular formula is C11H15N3O3. The van der Waals surface area contributed by atoms with E-state index in [1.165, 1.54) is 12.1 Å². The molecule has 1 aromatic rings. The fourth-order valence-electron chi connectivity index (χ4n) is 1.40. The summed E-state index contributed by atoms with van der Waals surface area (Å²) in [5.41, 5.74) is 17.7. The Labute approximate surface area is 98.4 Å². The lowest BCUT2D eigenvalue weighted by Gasteiger charge is -2.11. The van der Waals surface area contributed by atoms with E-state index in [-0.39, 0.29) is 24.1 Å². The summed E-state index contributed by atoms with van der Waals surface area (Å²) in [6, 6.07) is 3.66. The number of anilines is 2. The fourth-order valence-corrected chi connectivity index (χ4v) is 1.40. The standard InChI is InChI=1S/C11H15N3O3/c12-6-1-2-8(13)7(5-6)11(17)9(14)3-4-10(15)16/h1-2,5,9H,3-4,12-14H2,(H,15,16). The highest BCUT2D eigenvalue weighted by atomic mass is 16.4. The van der Waals surface area contributed by atoms with E-state index < -0.39 is 17.8 Å². The number of benzene rings is 1. The molecule has 1 unspecified atom stereocenters. The molecule has 0 aliphatic heterocycles. The number of hydrogen-bond donors (Lipinski definition) is 4. The molecule has 7 N–H and O–H groups in total. The van der Waals surface area contributed by atoms with Gasteiger partial charge in [-0.1, -0.05) is 0 Å². The van der Waals surface area contributed by atoms with Crippen molar-refractivity contribution in [3.8, 4) is 0 Å². The second-order valence-electron chi connectivity index (χ2n) is 3.75. The minimum Gasteiger partial charge on any atom is -0.481 e. The maximum Gasteiger partial charge on any atom is 0.303 e. The molecule has 6 nitrogen and oxygen atoms in total. The van der Waals surface area contributed by atoms with Crippen molar-refractivity contribution in [1.29, 1.82) is 0 Å². The summed E-state index contributed by atoms with van der Waals surface area (Å²) in [5.74, 6) is -1.38. The Hall–Kier alpha value is -2.08. The summed E-state index contributed by atoms with van der Waals surface area (Å²) in [7, 11) is 0. The average Bonchev–Trinajstić information content (AvgIpc) is 2.28. The first-order chi connectivity index (χ1) is 7.91. The third-order valence-electron chi connectivity index (χ3n) is 2.35. The zero-order chi connectivity index (χ0) is 13.0. The van der Waals surface area contributed by atoms with Gasteiger partial charge < -0.3 is 22.3 Å². The van der Waals surface area contributed by atoms with Crippen LogP contribution in [0.2, 0.25) is 0 Å². The van der Waals surface area contributed by atoms with E-state index in [0.29, 0.717) is 5.69 Å².